The monoisotopic (exact) mass is 284 g/mol. The molecule has 0 bridgehead atoms. The molecule has 118 valence electrons. The first kappa shape index (κ1) is 17.4. The molecule has 20 heavy (non-hydrogen) atoms. The number of likely N-dealkylation sites (N-methyl/N-ethyl adjacent to an activating group) is 1. The van der Waals surface area contributed by atoms with Gasteiger partial charge in [-0.1, -0.05) is 19.8 Å². The summed E-state index contributed by atoms with van der Waals surface area (Å²) in [6, 6.07) is 0.630. The van der Waals surface area contributed by atoms with Crippen molar-refractivity contribution < 1.29 is 9.53 Å². The third kappa shape index (κ3) is 5.06. The van der Waals surface area contributed by atoms with Gasteiger partial charge in [-0.25, -0.2) is 0 Å². The maximum Gasteiger partial charge on any atom is 0.326 e. The number of likely N-dealkylation sites (tertiary alicyclic amines) is 1. The van der Waals surface area contributed by atoms with Crippen LogP contribution in [-0.4, -0.2) is 48.7 Å². The van der Waals surface area contributed by atoms with Crippen molar-refractivity contribution in [2.45, 2.75) is 71.4 Å². The van der Waals surface area contributed by atoms with Crippen molar-refractivity contribution in [3.63, 3.8) is 0 Å². The van der Waals surface area contributed by atoms with Gasteiger partial charge in [0.15, 0.2) is 0 Å². The maximum absolute atomic E-state index is 12.2. The van der Waals surface area contributed by atoms with E-state index in [-0.39, 0.29) is 5.97 Å². The Bertz CT molecular complexity index is 296. The standard InChI is InChI=1S/C16H32N2O2/c1-5-17-16(4,15(19)20-6-2)11-13-18-12-9-7-8-10-14(18)3/h14,17H,5-13H2,1-4H3. The second-order valence-electron chi connectivity index (χ2n) is 6.07. The molecule has 1 aliphatic heterocycles. The van der Waals surface area contributed by atoms with Crippen LogP contribution >= 0.6 is 0 Å². The van der Waals surface area contributed by atoms with Crippen molar-refractivity contribution in [2.75, 3.05) is 26.2 Å². The molecule has 0 spiro atoms. The largest absolute Gasteiger partial charge is 0.465 e. The van der Waals surface area contributed by atoms with Gasteiger partial charge in [0.05, 0.1) is 6.61 Å². The lowest BCUT2D eigenvalue weighted by atomic mass is 9.97. The summed E-state index contributed by atoms with van der Waals surface area (Å²) in [5.74, 6) is -0.121. The van der Waals surface area contributed by atoms with E-state index in [4.69, 9.17) is 4.74 Å². The lowest BCUT2D eigenvalue weighted by Crippen LogP contribution is -2.52. The van der Waals surface area contributed by atoms with Gasteiger partial charge in [0.2, 0.25) is 0 Å². The first-order valence-corrected chi connectivity index (χ1v) is 8.19. The normalized spacial score (nSPS) is 23.9. The van der Waals surface area contributed by atoms with Crippen LogP contribution in [0.2, 0.25) is 0 Å². The second-order valence-corrected chi connectivity index (χ2v) is 6.07. The lowest BCUT2D eigenvalue weighted by molar-refractivity contribution is -0.151. The first-order chi connectivity index (χ1) is 9.53. The molecule has 2 unspecified atom stereocenters. The topological polar surface area (TPSA) is 41.6 Å². The summed E-state index contributed by atoms with van der Waals surface area (Å²) < 4.78 is 5.23. The van der Waals surface area contributed by atoms with Crippen LogP contribution in [0.1, 0.15) is 59.8 Å². The third-order valence-corrected chi connectivity index (χ3v) is 4.38. The number of nitrogens with one attached hydrogen (secondary N) is 1. The molecule has 1 fully saturated rings. The second kappa shape index (κ2) is 8.63. The van der Waals surface area contributed by atoms with Crippen LogP contribution in [0.4, 0.5) is 0 Å². The number of carbonyl (C=O) groups excluding carboxylic acids is 1. The number of nitrogens with zero attached hydrogens (tertiary/aromatic N) is 1. The van der Waals surface area contributed by atoms with Crippen LogP contribution in [0.5, 0.6) is 0 Å². The minimum absolute atomic E-state index is 0.121. The molecule has 4 heteroatoms. The van der Waals surface area contributed by atoms with Crippen LogP contribution in [0.3, 0.4) is 0 Å². The Kier molecular flexibility index (Phi) is 7.52. The van der Waals surface area contributed by atoms with E-state index in [1.165, 1.54) is 25.7 Å². The van der Waals surface area contributed by atoms with Crippen molar-refractivity contribution in [1.29, 1.82) is 0 Å². The molecule has 0 aromatic rings. The van der Waals surface area contributed by atoms with Gasteiger partial charge >= 0.3 is 5.97 Å². The predicted octanol–water partition coefficient (Wildman–Crippen LogP) is 2.57. The average Bonchev–Trinajstić information content (AvgIpc) is 2.62. The average molecular weight is 284 g/mol. The van der Waals surface area contributed by atoms with Crippen LogP contribution in [-0.2, 0) is 9.53 Å². The van der Waals surface area contributed by atoms with Gasteiger partial charge in [0.1, 0.15) is 5.54 Å². The number of hydrogen-bond acceptors (Lipinski definition) is 4. The fourth-order valence-corrected chi connectivity index (χ4v) is 2.98. The van der Waals surface area contributed by atoms with Crippen molar-refractivity contribution >= 4 is 5.97 Å². The molecule has 1 N–H and O–H groups in total. The zero-order valence-electron chi connectivity index (χ0n) is 13.7. The Morgan fingerprint density at radius 1 is 1.35 bits per heavy atom. The summed E-state index contributed by atoms with van der Waals surface area (Å²) in [5, 5.41) is 3.31. The molecule has 0 radical (unpaired) electrons. The number of hydrogen-bond donors (Lipinski definition) is 1. The summed E-state index contributed by atoms with van der Waals surface area (Å²) >= 11 is 0. The van der Waals surface area contributed by atoms with E-state index in [0.717, 1.165) is 26.1 Å². The Hall–Kier alpha value is -0.610. The van der Waals surface area contributed by atoms with Gasteiger partial charge in [-0.2, -0.15) is 0 Å². The van der Waals surface area contributed by atoms with Gasteiger partial charge in [-0.3, -0.25) is 4.79 Å². The Morgan fingerprint density at radius 2 is 2.10 bits per heavy atom. The number of carbonyl (C=O) groups is 1. The highest BCUT2D eigenvalue weighted by Crippen LogP contribution is 2.19. The molecule has 0 aromatic heterocycles. The van der Waals surface area contributed by atoms with E-state index < -0.39 is 5.54 Å². The highest BCUT2D eigenvalue weighted by atomic mass is 16.5. The summed E-state index contributed by atoms with van der Waals surface area (Å²) in [6.07, 6.45) is 6.03. The molecule has 0 amide bonds. The summed E-state index contributed by atoms with van der Waals surface area (Å²) in [6.45, 7) is 11.5. The zero-order chi connectivity index (χ0) is 15.0. The zero-order valence-corrected chi connectivity index (χ0v) is 13.7. The summed E-state index contributed by atoms with van der Waals surface area (Å²) in [4.78, 5) is 14.7. The Balaban J connectivity index is 2.58. The fraction of sp³-hybridized carbons (Fsp3) is 0.938. The van der Waals surface area contributed by atoms with E-state index in [0.29, 0.717) is 12.6 Å². The van der Waals surface area contributed by atoms with Gasteiger partial charge in [0, 0.05) is 12.6 Å². The predicted molar refractivity (Wildman–Crippen MR) is 82.8 cm³/mol. The number of esters is 1. The van der Waals surface area contributed by atoms with Crippen molar-refractivity contribution in [1.82, 2.24) is 10.2 Å². The number of rotatable bonds is 7. The summed E-state index contributed by atoms with van der Waals surface area (Å²) in [7, 11) is 0. The van der Waals surface area contributed by atoms with Crippen LogP contribution in [0.15, 0.2) is 0 Å². The molecule has 1 saturated heterocycles. The third-order valence-electron chi connectivity index (χ3n) is 4.38. The SMILES string of the molecule is CCNC(C)(CCN1CCCCCC1C)C(=O)OCC. The molecular weight excluding hydrogens is 252 g/mol. The van der Waals surface area contributed by atoms with Gasteiger partial charge < -0.3 is 15.0 Å². The van der Waals surface area contributed by atoms with Crippen molar-refractivity contribution in [2.24, 2.45) is 0 Å². The highest BCUT2D eigenvalue weighted by Gasteiger charge is 2.34. The van der Waals surface area contributed by atoms with E-state index in [9.17, 15) is 4.79 Å². The number of ether oxygens (including phenoxy) is 1. The van der Waals surface area contributed by atoms with E-state index >= 15 is 0 Å². The Labute approximate surface area is 124 Å². The van der Waals surface area contributed by atoms with E-state index in [1.54, 1.807) is 0 Å². The smallest absolute Gasteiger partial charge is 0.326 e. The highest BCUT2D eigenvalue weighted by molar-refractivity contribution is 5.80. The molecule has 2 atom stereocenters. The first-order valence-electron chi connectivity index (χ1n) is 8.19. The minimum Gasteiger partial charge on any atom is -0.465 e. The fourth-order valence-electron chi connectivity index (χ4n) is 2.98. The van der Waals surface area contributed by atoms with Crippen LogP contribution in [0, 0.1) is 0 Å². The molecule has 4 nitrogen and oxygen atoms in total. The van der Waals surface area contributed by atoms with E-state index in [1.807, 2.05) is 20.8 Å². The summed E-state index contributed by atoms with van der Waals surface area (Å²) in [5.41, 5.74) is -0.559. The minimum atomic E-state index is -0.559. The van der Waals surface area contributed by atoms with Gasteiger partial charge in [-0.15, -0.1) is 0 Å². The molecule has 0 saturated carbocycles. The van der Waals surface area contributed by atoms with Gasteiger partial charge in [-0.05, 0) is 53.1 Å². The lowest BCUT2D eigenvalue weighted by Gasteiger charge is -2.33. The Morgan fingerprint density at radius 3 is 2.75 bits per heavy atom. The van der Waals surface area contributed by atoms with Gasteiger partial charge in [0.25, 0.3) is 0 Å². The van der Waals surface area contributed by atoms with E-state index in [2.05, 4.69) is 17.1 Å². The quantitative estimate of drug-likeness (QED) is 0.730. The molecular formula is C16H32N2O2. The molecule has 1 rings (SSSR count). The molecule has 1 heterocycles. The molecule has 0 aliphatic carbocycles. The van der Waals surface area contributed by atoms with Crippen molar-refractivity contribution in [3.8, 4) is 0 Å². The van der Waals surface area contributed by atoms with Crippen molar-refractivity contribution in [3.05, 3.63) is 0 Å². The maximum atomic E-state index is 12.2. The van der Waals surface area contributed by atoms with Crippen LogP contribution < -0.4 is 5.32 Å². The van der Waals surface area contributed by atoms with Crippen LogP contribution in [0.25, 0.3) is 0 Å². The molecule has 1 aliphatic rings. The molecule has 0 aromatic carbocycles.